The van der Waals surface area contributed by atoms with Gasteiger partial charge in [-0.1, -0.05) is 0 Å². The van der Waals surface area contributed by atoms with Crippen LogP contribution < -0.4 is 0 Å². The third-order valence-corrected chi connectivity index (χ3v) is 3.48. The number of ether oxygens (including phenoxy) is 1. The Bertz CT molecular complexity index is 131. The number of hydrogen-bond donors (Lipinski definition) is 0. The number of hydrogen-bond acceptors (Lipinski definition) is 3. The molecule has 0 aromatic heterocycles. The lowest BCUT2D eigenvalue weighted by molar-refractivity contribution is -0.0358. The van der Waals surface area contributed by atoms with Gasteiger partial charge in [0.25, 0.3) is 0 Å². The minimum absolute atomic E-state index is 0.531. The molecule has 0 amide bonds. The zero-order valence-corrected chi connectivity index (χ0v) is 7.06. The summed E-state index contributed by atoms with van der Waals surface area (Å²) in [6.45, 7) is 2.04. The molecule has 2 rings (SSSR count). The van der Waals surface area contributed by atoms with Crippen LogP contribution in [-0.2, 0) is 4.74 Å². The quantitative estimate of drug-likeness (QED) is 0.508. The topological polar surface area (TPSA) is 12.5 Å². The molecule has 3 heteroatoms. The van der Waals surface area contributed by atoms with Gasteiger partial charge in [0.05, 0.1) is 12.7 Å². The van der Waals surface area contributed by atoms with Crippen LogP contribution in [0, 0.1) is 0 Å². The molecule has 2 heterocycles. The molecule has 10 heavy (non-hydrogen) atoms. The fraction of sp³-hybridized carbons (Fsp3) is 1.00. The predicted octanol–water partition coefficient (Wildman–Crippen LogP) is 0.432. The van der Waals surface area contributed by atoms with Crippen LogP contribution in [0.5, 0.6) is 0 Å². The first-order chi connectivity index (χ1) is 4.88. The van der Waals surface area contributed by atoms with Gasteiger partial charge in [0, 0.05) is 24.1 Å². The van der Waals surface area contributed by atoms with Gasteiger partial charge in [-0.05, 0) is 7.05 Å². The Balaban J connectivity index is 2.03. The van der Waals surface area contributed by atoms with E-state index in [2.05, 4.69) is 11.9 Å². The van der Waals surface area contributed by atoms with Gasteiger partial charge in [0.1, 0.15) is 0 Å². The van der Waals surface area contributed by atoms with Crippen molar-refractivity contribution in [2.45, 2.75) is 12.1 Å². The van der Waals surface area contributed by atoms with Gasteiger partial charge >= 0.3 is 0 Å². The molecule has 58 valence electrons. The Morgan fingerprint density at radius 3 is 3.20 bits per heavy atom. The number of rotatable bonds is 0. The van der Waals surface area contributed by atoms with Crippen molar-refractivity contribution >= 4 is 11.8 Å². The molecule has 2 saturated heterocycles. The van der Waals surface area contributed by atoms with E-state index < -0.39 is 0 Å². The highest BCUT2D eigenvalue weighted by molar-refractivity contribution is 7.99. The maximum atomic E-state index is 5.61. The first kappa shape index (κ1) is 6.95. The SMILES string of the molecule is CN1CCOC2CSCC21. The molecule has 0 N–H and O–H groups in total. The van der Waals surface area contributed by atoms with Crippen molar-refractivity contribution in [2.75, 3.05) is 31.7 Å². The van der Waals surface area contributed by atoms with Crippen LogP contribution in [0.2, 0.25) is 0 Å². The van der Waals surface area contributed by atoms with Crippen LogP contribution in [0.4, 0.5) is 0 Å². The summed E-state index contributed by atoms with van der Waals surface area (Å²) in [4.78, 5) is 2.42. The summed E-state index contributed by atoms with van der Waals surface area (Å²) in [5, 5.41) is 0. The summed E-state index contributed by atoms with van der Waals surface area (Å²) in [6, 6.07) is 0.707. The molecule has 2 unspecified atom stereocenters. The summed E-state index contributed by atoms with van der Waals surface area (Å²) in [5.41, 5.74) is 0. The lowest BCUT2D eigenvalue weighted by atomic mass is 10.1. The molecular weight excluding hydrogens is 146 g/mol. The fourth-order valence-corrected chi connectivity index (χ4v) is 3.00. The summed E-state index contributed by atoms with van der Waals surface area (Å²) < 4.78 is 5.61. The Morgan fingerprint density at radius 2 is 2.40 bits per heavy atom. The summed E-state index contributed by atoms with van der Waals surface area (Å²) in [5.74, 6) is 2.47. The first-order valence-electron chi connectivity index (χ1n) is 3.77. The molecule has 0 spiro atoms. The van der Waals surface area contributed by atoms with E-state index in [1.165, 1.54) is 11.5 Å². The maximum Gasteiger partial charge on any atom is 0.0828 e. The van der Waals surface area contributed by atoms with Crippen LogP contribution in [0.15, 0.2) is 0 Å². The average Bonchev–Trinajstić information content (AvgIpc) is 2.36. The van der Waals surface area contributed by atoms with E-state index in [0.717, 1.165) is 13.2 Å². The fourth-order valence-electron chi connectivity index (χ4n) is 1.61. The number of nitrogens with zero attached hydrogens (tertiary/aromatic N) is 1. The number of likely N-dealkylation sites (N-methyl/N-ethyl adjacent to an activating group) is 1. The molecule has 0 aliphatic carbocycles. The lowest BCUT2D eigenvalue weighted by Gasteiger charge is -2.33. The molecule has 0 radical (unpaired) electrons. The molecule has 2 aliphatic rings. The monoisotopic (exact) mass is 159 g/mol. The van der Waals surface area contributed by atoms with Crippen LogP contribution in [0.25, 0.3) is 0 Å². The van der Waals surface area contributed by atoms with Gasteiger partial charge in [0.15, 0.2) is 0 Å². The average molecular weight is 159 g/mol. The lowest BCUT2D eigenvalue weighted by Crippen LogP contribution is -2.48. The van der Waals surface area contributed by atoms with Crippen LogP contribution in [-0.4, -0.2) is 48.8 Å². The molecule has 2 nitrogen and oxygen atoms in total. The van der Waals surface area contributed by atoms with Crippen molar-refractivity contribution in [1.29, 1.82) is 0 Å². The standard InChI is InChI=1S/C7H13NOS/c1-8-2-3-9-7-5-10-4-6(7)8/h6-7H,2-5H2,1H3. The molecule has 0 aromatic carbocycles. The Kier molecular flexibility index (Phi) is 1.89. The van der Waals surface area contributed by atoms with E-state index in [1.807, 2.05) is 11.8 Å². The number of morpholine rings is 1. The molecule has 0 aromatic rings. The number of thioether (sulfide) groups is 1. The van der Waals surface area contributed by atoms with Crippen molar-refractivity contribution in [3.05, 3.63) is 0 Å². The predicted molar refractivity (Wildman–Crippen MR) is 43.5 cm³/mol. The van der Waals surface area contributed by atoms with Gasteiger partial charge in [-0.2, -0.15) is 11.8 Å². The van der Waals surface area contributed by atoms with Crippen molar-refractivity contribution in [3.63, 3.8) is 0 Å². The third-order valence-electron chi connectivity index (χ3n) is 2.34. The number of fused-ring (bicyclic) bond motifs is 1. The minimum atomic E-state index is 0.531. The molecule has 0 bridgehead atoms. The van der Waals surface area contributed by atoms with Crippen LogP contribution in [0.1, 0.15) is 0 Å². The molecule has 2 aliphatic heterocycles. The van der Waals surface area contributed by atoms with Crippen molar-refractivity contribution in [2.24, 2.45) is 0 Å². The Morgan fingerprint density at radius 1 is 1.50 bits per heavy atom. The van der Waals surface area contributed by atoms with E-state index >= 15 is 0 Å². The van der Waals surface area contributed by atoms with E-state index in [-0.39, 0.29) is 0 Å². The maximum absolute atomic E-state index is 5.61. The second-order valence-electron chi connectivity index (χ2n) is 2.99. The van der Waals surface area contributed by atoms with Gasteiger partial charge in [0.2, 0.25) is 0 Å². The van der Waals surface area contributed by atoms with E-state index in [4.69, 9.17) is 4.74 Å². The molecule has 0 saturated carbocycles. The highest BCUT2D eigenvalue weighted by Crippen LogP contribution is 2.26. The second kappa shape index (κ2) is 2.72. The minimum Gasteiger partial charge on any atom is -0.374 e. The van der Waals surface area contributed by atoms with E-state index in [0.29, 0.717) is 12.1 Å². The smallest absolute Gasteiger partial charge is 0.0828 e. The van der Waals surface area contributed by atoms with Gasteiger partial charge < -0.3 is 4.74 Å². The van der Waals surface area contributed by atoms with Crippen molar-refractivity contribution in [1.82, 2.24) is 4.90 Å². The summed E-state index contributed by atoms with van der Waals surface area (Å²) >= 11 is 2.02. The Hall–Kier alpha value is 0.270. The van der Waals surface area contributed by atoms with Crippen molar-refractivity contribution in [3.8, 4) is 0 Å². The van der Waals surface area contributed by atoms with Gasteiger partial charge in [-0.25, -0.2) is 0 Å². The zero-order chi connectivity index (χ0) is 6.97. The van der Waals surface area contributed by atoms with Gasteiger partial charge in [-0.3, -0.25) is 4.90 Å². The summed E-state index contributed by atoms with van der Waals surface area (Å²) in [6.07, 6.45) is 0.531. The highest BCUT2D eigenvalue weighted by atomic mass is 32.2. The van der Waals surface area contributed by atoms with Crippen LogP contribution >= 0.6 is 11.8 Å². The summed E-state index contributed by atoms with van der Waals surface area (Å²) in [7, 11) is 2.20. The van der Waals surface area contributed by atoms with E-state index in [9.17, 15) is 0 Å². The molecule has 2 fully saturated rings. The second-order valence-corrected chi connectivity index (χ2v) is 4.07. The normalized spacial score (nSPS) is 41.7. The first-order valence-corrected chi connectivity index (χ1v) is 4.93. The van der Waals surface area contributed by atoms with Gasteiger partial charge in [-0.15, -0.1) is 0 Å². The third kappa shape index (κ3) is 1.06. The molecular formula is C7H13NOS. The van der Waals surface area contributed by atoms with Crippen LogP contribution in [0.3, 0.4) is 0 Å². The zero-order valence-electron chi connectivity index (χ0n) is 6.25. The highest BCUT2D eigenvalue weighted by Gasteiger charge is 2.34. The van der Waals surface area contributed by atoms with E-state index in [1.54, 1.807) is 0 Å². The van der Waals surface area contributed by atoms with Crippen molar-refractivity contribution < 1.29 is 4.74 Å². The Labute approximate surface area is 65.9 Å². The largest absolute Gasteiger partial charge is 0.374 e. The molecule has 2 atom stereocenters.